The number of hydrogen-bond acceptors (Lipinski definition) is 18. The van der Waals surface area contributed by atoms with Crippen molar-refractivity contribution in [2.45, 2.75) is 156 Å². The average molecular weight is 1330 g/mol. The Bertz CT molecular complexity index is 4570. The zero-order valence-corrected chi connectivity index (χ0v) is 54.3. The second kappa shape index (κ2) is 24.4. The minimum atomic E-state index is -4.87. The van der Waals surface area contributed by atoms with E-state index in [2.05, 4.69) is 57.5 Å². The molecule has 6 aliphatic heterocycles. The fourth-order valence-electron chi connectivity index (χ4n) is 18.2. The number of aromatic amines is 2. The summed E-state index contributed by atoms with van der Waals surface area (Å²) in [5.74, 6) is 5.23. The molecule has 8 aromatic rings. The fourth-order valence-corrected chi connectivity index (χ4v) is 20.1. The van der Waals surface area contributed by atoms with E-state index in [0.717, 1.165) is 45.2 Å². The Hall–Kier alpha value is -4.48. The van der Waals surface area contributed by atoms with Crippen LogP contribution in [0.1, 0.15) is 96.3 Å². The fraction of sp³-hybridized carbons (Fsp3) is 0.500. The van der Waals surface area contributed by atoms with E-state index in [9.17, 15) is 25.9 Å². The third-order valence-corrected chi connectivity index (χ3v) is 24.2. The number of H-pyrrole nitrogens is 2. The Morgan fingerprint density at radius 3 is 1.06 bits per heavy atom. The molecule has 90 heavy (non-hydrogen) atoms. The average Bonchev–Trinajstić information content (AvgIpc) is 1.62. The summed E-state index contributed by atoms with van der Waals surface area (Å²) in [6.07, 6.45) is 18.5. The van der Waals surface area contributed by atoms with Crippen LogP contribution >= 0.6 is 0 Å². The van der Waals surface area contributed by atoms with Gasteiger partial charge in [-0.3, -0.25) is 42.5 Å². The van der Waals surface area contributed by atoms with E-state index in [-0.39, 0.29) is 126 Å². The zero-order chi connectivity index (χ0) is 59.2. The van der Waals surface area contributed by atoms with Crippen molar-refractivity contribution in [3.8, 4) is 0 Å². The Kier molecular flexibility index (Phi) is 16.7. The van der Waals surface area contributed by atoms with Gasteiger partial charge in [-0.1, -0.05) is 130 Å². The molecule has 5 saturated heterocycles. The molecule has 18 rings (SSSR count). The van der Waals surface area contributed by atoms with Crippen LogP contribution < -0.4 is 74.5 Å². The van der Waals surface area contributed by atoms with Gasteiger partial charge in [0.15, 0.2) is 0 Å². The van der Waals surface area contributed by atoms with Crippen molar-refractivity contribution in [1.29, 1.82) is 0 Å². The number of nitrogens with one attached hydrogen (secondary N) is 10. The van der Waals surface area contributed by atoms with Crippen LogP contribution in [-0.4, -0.2) is 128 Å². The molecule has 1 radical (unpaired) electrons. The van der Waals surface area contributed by atoms with Gasteiger partial charge in [-0.15, -0.1) is 0 Å². The molecule has 4 aliphatic carbocycles. The van der Waals surface area contributed by atoms with E-state index in [1.807, 2.05) is 72.8 Å². The predicted octanol–water partition coefficient (Wildman–Crippen LogP) is 4.64. The number of aromatic nitrogens is 4. The monoisotopic (exact) mass is 1330 g/mol. The molecule has 16 bridgehead atoms. The molecule has 0 amide bonds. The molecule has 17 atom stereocenters. The van der Waals surface area contributed by atoms with Gasteiger partial charge in [0, 0.05) is 54.8 Å². The summed E-state index contributed by atoms with van der Waals surface area (Å²) in [4.78, 5) is 35.2. The number of hydrogen-bond donors (Lipinski definition) is 10. The summed E-state index contributed by atoms with van der Waals surface area (Å²) in [6, 6.07) is 27.4. The first-order valence-corrected chi connectivity index (χ1v) is 34.9. The molecule has 4 saturated carbocycles. The quantitative estimate of drug-likeness (QED) is 0.0833. The second-order valence-corrected chi connectivity index (χ2v) is 29.5. The largest absolute Gasteiger partial charge is 2.00 e. The summed E-state index contributed by atoms with van der Waals surface area (Å²) in [6.45, 7) is 0. The molecule has 469 valence electrons. The Labute approximate surface area is 561 Å². The van der Waals surface area contributed by atoms with Gasteiger partial charge < -0.3 is 49.0 Å². The van der Waals surface area contributed by atoms with Crippen LogP contribution in [0.5, 0.6) is 0 Å². The summed E-state index contributed by atoms with van der Waals surface area (Å²) in [7, 11) is -9.28. The van der Waals surface area contributed by atoms with Crippen LogP contribution in [0.25, 0.3) is 43.1 Å². The molecule has 26 heteroatoms. The van der Waals surface area contributed by atoms with E-state index < -0.39 is 30.4 Å². The Morgan fingerprint density at radius 1 is 0.367 bits per heavy atom. The molecule has 22 nitrogen and oxygen atoms in total. The first-order valence-electron chi connectivity index (χ1n) is 32.1. The summed E-state index contributed by atoms with van der Waals surface area (Å²) in [5.41, 5.74) is 1.22. The maximum Gasteiger partial charge on any atom is 2.00 e. The molecule has 0 spiro atoms. The van der Waals surface area contributed by atoms with Gasteiger partial charge >= 0.3 is 54.8 Å². The van der Waals surface area contributed by atoms with E-state index in [1.54, 1.807) is 6.07 Å². The van der Waals surface area contributed by atoms with Crippen LogP contribution in [0, 0.1) is 47.3 Å². The topological polar surface area (TPSA) is 320 Å². The van der Waals surface area contributed by atoms with E-state index in [4.69, 9.17) is 25.0 Å². The Balaban J connectivity index is 0.000000147. The molecule has 4 aromatic carbocycles. The maximum atomic E-state index is 12.7. The smallest absolute Gasteiger partial charge is 0.748 e. The van der Waals surface area contributed by atoms with Crippen molar-refractivity contribution in [2.75, 3.05) is 0 Å². The van der Waals surface area contributed by atoms with Crippen molar-refractivity contribution in [3.63, 3.8) is 0 Å². The molecule has 9 fully saturated rings. The second-order valence-electron chi connectivity index (χ2n) is 26.6. The molecule has 10 N–H and O–H groups in total. The van der Waals surface area contributed by atoms with Gasteiger partial charge in [0.1, 0.15) is 10.1 Å². The summed E-state index contributed by atoms with van der Waals surface area (Å²) < 4.78 is 75.3. The zero-order valence-electron chi connectivity index (χ0n) is 49.5. The van der Waals surface area contributed by atoms with Crippen molar-refractivity contribution < 1.29 is 43.0 Å². The molecule has 17 unspecified atom stereocenters. The maximum absolute atomic E-state index is 12.7. The third-order valence-electron chi connectivity index (χ3n) is 22.0. The van der Waals surface area contributed by atoms with E-state index in [0.29, 0.717) is 87.7 Å². The SMILES string of the molecule is O=S(=O)([O-])C1CCCC2C3NC4NC(NC5NC(NC6NC(NC(N3)C21)C1CCCCC61)C1CCCCC51)C1CCCCC41.O=S(=O)([O-])c1cccc2c3[n-]c(c12)=Nc1[nH]c(c2ccccc12)N=c1[n-]c(c2ccccc12)=Nc1[nH]c(c2ccccc12)N=3.[Ca+2].[Cu+2]. The van der Waals surface area contributed by atoms with Crippen LogP contribution in [-0.2, 0) is 37.3 Å². The van der Waals surface area contributed by atoms with Crippen LogP contribution in [0.4, 0.5) is 23.3 Å². The van der Waals surface area contributed by atoms with Crippen molar-refractivity contribution in [1.82, 2.24) is 62.5 Å². The molecular weight excluding hydrogens is 1260 g/mol. The number of rotatable bonds is 2. The van der Waals surface area contributed by atoms with Gasteiger partial charge in [0.25, 0.3) is 0 Å². The predicted molar refractivity (Wildman–Crippen MR) is 334 cm³/mol. The Morgan fingerprint density at radius 2 is 0.678 bits per heavy atom. The van der Waals surface area contributed by atoms with Gasteiger partial charge in [-0.2, -0.15) is 0 Å². The number of benzene rings is 4. The van der Waals surface area contributed by atoms with Gasteiger partial charge in [0.2, 0.25) is 0 Å². The van der Waals surface area contributed by atoms with Crippen molar-refractivity contribution >= 4 is 124 Å². The normalized spacial score (nSPS) is 33.6. The molecular formula is C64H72CaCuN16O6S2. The van der Waals surface area contributed by atoms with Gasteiger partial charge in [0.05, 0.1) is 92.9 Å². The van der Waals surface area contributed by atoms with Crippen molar-refractivity contribution in [2.24, 2.45) is 67.3 Å². The molecule has 4 aromatic heterocycles. The minimum Gasteiger partial charge on any atom is -0.748 e. The van der Waals surface area contributed by atoms with Crippen LogP contribution in [0.2, 0.25) is 0 Å². The third kappa shape index (κ3) is 10.8. The van der Waals surface area contributed by atoms with Gasteiger partial charge in [-0.25, -0.2) is 16.8 Å². The van der Waals surface area contributed by atoms with Gasteiger partial charge in [-0.05, 0) is 115 Å². The first kappa shape index (κ1) is 61.7. The van der Waals surface area contributed by atoms with E-state index >= 15 is 0 Å². The van der Waals surface area contributed by atoms with Crippen molar-refractivity contribution in [3.05, 3.63) is 113 Å². The standard InChI is InChI=1S/C32H56N8O3S.C32H18N8O3S.Ca.Cu/c2*41-44(42,43)23-15-7-14-22-24(23)32-39-30-21-13-6-5-12-20(21)28(37-30)35-26-17-9-2-1-8-16(17)25(33-26)34-27-18-10-3-4-11-19(18)29(36-27)38-31(22)40-32;;/h16-40H,1-15H2,(H,41,42,43);1-15H,(H3-2,33,34,35,36,37,38,39,40,41,42,43);;/q;-2;2*+2/p-2. The summed E-state index contributed by atoms with van der Waals surface area (Å²) >= 11 is 0. The minimum absolute atomic E-state index is 0. The number of nitrogens with zero attached hydrogens (tertiary/aromatic N) is 6. The first-order chi connectivity index (χ1) is 42.8. The number of fused-ring (bicyclic) bond motifs is 40. The molecule has 10 aliphatic rings. The van der Waals surface area contributed by atoms with E-state index in [1.165, 1.54) is 89.2 Å². The summed E-state index contributed by atoms with van der Waals surface area (Å²) in [5, 5.41) is 36.7. The molecule has 10 heterocycles. The van der Waals surface area contributed by atoms with Crippen LogP contribution in [0.3, 0.4) is 0 Å². The van der Waals surface area contributed by atoms with Crippen LogP contribution in [0.15, 0.2) is 116 Å².